The van der Waals surface area contributed by atoms with E-state index in [1.165, 1.54) is 0 Å². The Hall–Kier alpha value is -4.53. The van der Waals surface area contributed by atoms with E-state index >= 15 is 0 Å². The van der Waals surface area contributed by atoms with Gasteiger partial charge in [-0.05, 0) is 69.2 Å². The lowest BCUT2D eigenvalue weighted by atomic mass is 10.1. The van der Waals surface area contributed by atoms with Gasteiger partial charge in [-0.15, -0.1) is 0 Å². The predicted molar refractivity (Wildman–Crippen MR) is 153 cm³/mol. The van der Waals surface area contributed by atoms with Crippen LogP contribution in [-0.2, 0) is 11.3 Å². The molecule has 0 bridgehead atoms. The number of aryl methyl sites for hydroxylation is 1. The van der Waals surface area contributed by atoms with Crippen LogP contribution in [0.1, 0.15) is 60.2 Å². The standard InChI is InChI=1S/C30H36N4O5/c1-4-6-9-26(30(36)37)39-27-21(8-7-10-25(27)38-5-2)18-33-24-16-11-19(3)17-23(24)29(35)34-22-14-12-20(13-15-22)28(31)32/h7-8,10-17,26,33H,4-6,9,18H2,1-3H3,(H3,31,32)(H,34,35)(H,36,37). The molecule has 0 aliphatic heterocycles. The molecule has 1 unspecified atom stereocenters. The summed E-state index contributed by atoms with van der Waals surface area (Å²) in [6.45, 7) is 6.43. The van der Waals surface area contributed by atoms with Crippen LogP contribution in [0.4, 0.5) is 11.4 Å². The van der Waals surface area contributed by atoms with Crippen LogP contribution in [0.2, 0.25) is 0 Å². The van der Waals surface area contributed by atoms with Gasteiger partial charge in [0, 0.05) is 29.0 Å². The number of carbonyl (C=O) groups is 2. The van der Waals surface area contributed by atoms with E-state index in [1.807, 2.05) is 45.0 Å². The second-order valence-corrected chi connectivity index (χ2v) is 9.11. The first-order valence-corrected chi connectivity index (χ1v) is 13.0. The first-order valence-electron chi connectivity index (χ1n) is 13.0. The van der Waals surface area contributed by atoms with Crippen molar-refractivity contribution in [2.75, 3.05) is 17.2 Å². The molecule has 0 saturated heterocycles. The van der Waals surface area contributed by atoms with Gasteiger partial charge in [-0.25, -0.2) is 4.79 Å². The molecular formula is C30H36N4O5. The molecule has 9 heteroatoms. The maximum absolute atomic E-state index is 13.2. The van der Waals surface area contributed by atoms with E-state index in [0.717, 1.165) is 18.4 Å². The summed E-state index contributed by atoms with van der Waals surface area (Å²) >= 11 is 0. The molecule has 1 atom stereocenters. The number of rotatable bonds is 14. The van der Waals surface area contributed by atoms with Gasteiger partial charge in [0.1, 0.15) is 5.84 Å². The number of nitrogens with two attached hydrogens (primary N) is 1. The minimum Gasteiger partial charge on any atom is -0.490 e. The van der Waals surface area contributed by atoms with Crippen LogP contribution in [-0.4, -0.2) is 35.5 Å². The highest BCUT2D eigenvalue weighted by Gasteiger charge is 2.23. The number of amides is 1. The minimum absolute atomic E-state index is 0.0464. The van der Waals surface area contributed by atoms with Crippen LogP contribution in [0.15, 0.2) is 60.7 Å². The zero-order valence-corrected chi connectivity index (χ0v) is 22.5. The van der Waals surface area contributed by atoms with Gasteiger partial charge in [0.25, 0.3) is 5.91 Å². The lowest BCUT2D eigenvalue weighted by Crippen LogP contribution is -2.27. The second-order valence-electron chi connectivity index (χ2n) is 9.11. The number of carbonyl (C=O) groups excluding carboxylic acids is 1. The lowest BCUT2D eigenvalue weighted by molar-refractivity contribution is -0.145. The Morgan fingerprint density at radius 3 is 2.46 bits per heavy atom. The number of carboxylic acid groups (broad SMARTS) is 1. The Morgan fingerprint density at radius 1 is 1.08 bits per heavy atom. The van der Waals surface area contributed by atoms with E-state index in [9.17, 15) is 14.7 Å². The highest BCUT2D eigenvalue weighted by molar-refractivity contribution is 6.08. The summed E-state index contributed by atoms with van der Waals surface area (Å²) in [7, 11) is 0. The third-order valence-corrected chi connectivity index (χ3v) is 6.06. The topological polar surface area (TPSA) is 147 Å². The van der Waals surface area contributed by atoms with E-state index in [0.29, 0.717) is 52.6 Å². The number of carboxylic acids is 1. The Balaban J connectivity index is 1.85. The van der Waals surface area contributed by atoms with Crippen LogP contribution in [0.25, 0.3) is 0 Å². The number of unbranched alkanes of at least 4 members (excludes halogenated alkanes) is 1. The average molecular weight is 533 g/mol. The maximum atomic E-state index is 13.2. The Labute approximate surface area is 228 Å². The average Bonchev–Trinajstić information content (AvgIpc) is 2.91. The second kappa shape index (κ2) is 13.9. The highest BCUT2D eigenvalue weighted by Crippen LogP contribution is 2.34. The number of benzene rings is 3. The zero-order chi connectivity index (χ0) is 28.4. The molecule has 3 aromatic carbocycles. The fourth-order valence-corrected chi connectivity index (χ4v) is 3.99. The number of hydrogen-bond acceptors (Lipinski definition) is 6. The third kappa shape index (κ3) is 7.98. The van der Waals surface area contributed by atoms with E-state index < -0.39 is 12.1 Å². The van der Waals surface area contributed by atoms with Crippen LogP contribution in [0, 0.1) is 12.3 Å². The van der Waals surface area contributed by atoms with Gasteiger partial charge in [0.15, 0.2) is 17.6 Å². The fourth-order valence-electron chi connectivity index (χ4n) is 3.99. The number of aliphatic carboxylic acids is 1. The predicted octanol–water partition coefficient (Wildman–Crippen LogP) is 5.56. The minimum atomic E-state index is -1.03. The molecule has 0 heterocycles. The third-order valence-electron chi connectivity index (χ3n) is 6.06. The number of para-hydroxylation sites is 1. The summed E-state index contributed by atoms with van der Waals surface area (Å²) < 4.78 is 11.8. The number of hydrogen-bond donors (Lipinski definition) is 5. The number of nitrogen functional groups attached to an aromatic ring is 1. The van der Waals surface area contributed by atoms with Gasteiger partial charge in [-0.2, -0.15) is 0 Å². The van der Waals surface area contributed by atoms with Crippen molar-refractivity contribution in [3.8, 4) is 11.5 Å². The number of nitrogens with one attached hydrogen (secondary N) is 3. The van der Waals surface area contributed by atoms with Crippen molar-refractivity contribution in [3.05, 3.63) is 82.9 Å². The molecule has 39 heavy (non-hydrogen) atoms. The Kier molecular flexibility index (Phi) is 10.3. The molecule has 0 fully saturated rings. The number of anilines is 2. The van der Waals surface area contributed by atoms with E-state index in [2.05, 4.69) is 10.6 Å². The van der Waals surface area contributed by atoms with Crippen molar-refractivity contribution < 1.29 is 24.2 Å². The van der Waals surface area contributed by atoms with Crippen molar-refractivity contribution in [1.29, 1.82) is 5.41 Å². The van der Waals surface area contributed by atoms with E-state index in [-0.39, 0.29) is 18.3 Å². The number of ether oxygens (including phenoxy) is 2. The van der Waals surface area contributed by atoms with Crippen molar-refractivity contribution in [2.45, 2.75) is 52.7 Å². The molecule has 0 aliphatic carbocycles. The summed E-state index contributed by atoms with van der Waals surface area (Å²) in [6.07, 6.45) is 0.962. The summed E-state index contributed by atoms with van der Waals surface area (Å²) in [6, 6.07) is 17.7. The molecule has 3 aromatic rings. The van der Waals surface area contributed by atoms with Gasteiger partial charge in [0.2, 0.25) is 0 Å². The van der Waals surface area contributed by atoms with Crippen molar-refractivity contribution >= 4 is 29.1 Å². The zero-order valence-electron chi connectivity index (χ0n) is 22.5. The van der Waals surface area contributed by atoms with Gasteiger partial charge in [-0.1, -0.05) is 37.1 Å². The van der Waals surface area contributed by atoms with E-state index in [4.69, 9.17) is 20.6 Å². The van der Waals surface area contributed by atoms with Gasteiger partial charge in [-0.3, -0.25) is 10.2 Å². The largest absolute Gasteiger partial charge is 0.490 e. The summed E-state index contributed by atoms with van der Waals surface area (Å²) in [4.78, 5) is 25.1. The fraction of sp³-hybridized carbons (Fsp3) is 0.300. The number of amidine groups is 1. The van der Waals surface area contributed by atoms with Crippen molar-refractivity contribution in [3.63, 3.8) is 0 Å². The molecule has 1 amide bonds. The molecule has 0 aliphatic rings. The van der Waals surface area contributed by atoms with Crippen LogP contribution >= 0.6 is 0 Å². The van der Waals surface area contributed by atoms with Crippen molar-refractivity contribution in [1.82, 2.24) is 0 Å². The van der Waals surface area contributed by atoms with Crippen LogP contribution in [0.5, 0.6) is 11.5 Å². The van der Waals surface area contributed by atoms with Gasteiger partial charge in [0.05, 0.1) is 12.2 Å². The van der Waals surface area contributed by atoms with Gasteiger partial charge < -0.3 is 30.9 Å². The molecule has 0 saturated carbocycles. The quantitative estimate of drug-likeness (QED) is 0.135. The maximum Gasteiger partial charge on any atom is 0.344 e. The van der Waals surface area contributed by atoms with E-state index in [1.54, 1.807) is 36.4 Å². The van der Waals surface area contributed by atoms with Crippen molar-refractivity contribution in [2.24, 2.45) is 5.73 Å². The monoisotopic (exact) mass is 532 g/mol. The summed E-state index contributed by atoms with van der Waals surface area (Å²) in [5, 5.41) is 23.5. The molecule has 6 N–H and O–H groups in total. The normalized spacial score (nSPS) is 11.4. The molecule has 0 aromatic heterocycles. The summed E-state index contributed by atoms with van der Waals surface area (Å²) in [5.74, 6) is -0.534. The molecule has 206 valence electrons. The Morgan fingerprint density at radius 2 is 1.82 bits per heavy atom. The van der Waals surface area contributed by atoms with Crippen LogP contribution in [0.3, 0.4) is 0 Å². The lowest BCUT2D eigenvalue weighted by Gasteiger charge is -2.21. The summed E-state index contributed by atoms with van der Waals surface area (Å²) in [5.41, 5.74) is 9.33. The SMILES string of the molecule is CCCCC(Oc1c(CNc2ccc(C)cc2C(=O)Nc2ccc(C(=N)N)cc2)cccc1OCC)C(=O)O. The molecule has 3 rings (SSSR count). The van der Waals surface area contributed by atoms with Crippen LogP contribution < -0.4 is 25.8 Å². The molecule has 0 spiro atoms. The smallest absolute Gasteiger partial charge is 0.344 e. The first-order chi connectivity index (χ1) is 18.7. The van der Waals surface area contributed by atoms with Gasteiger partial charge >= 0.3 is 5.97 Å². The molecule has 0 radical (unpaired) electrons. The Bertz CT molecular complexity index is 1310. The highest BCUT2D eigenvalue weighted by atomic mass is 16.5. The first kappa shape index (κ1) is 29.0. The molecule has 9 nitrogen and oxygen atoms in total. The molecular weight excluding hydrogens is 496 g/mol.